The van der Waals surface area contributed by atoms with Crippen LogP contribution in [0.1, 0.15) is 20.3 Å². The Hall–Kier alpha value is -2.87. The number of rotatable bonds is 5. The van der Waals surface area contributed by atoms with Crippen LogP contribution in [-0.2, 0) is 4.79 Å². The van der Waals surface area contributed by atoms with Crippen molar-refractivity contribution in [1.82, 2.24) is 10.3 Å². The van der Waals surface area contributed by atoms with Crippen LogP contribution < -0.4 is 10.6 Å². The predicted octanol–water partition coefficient (Wildman–Crippen LogP) is 2.97. The van der Waals surface area contributed by atoms with E-state index in [0.29, 0.717) is 0 Å². The molecule has 1 amide bonds. The summed E-state index contributed by atoms with van der Waals surface area (Å²) in [5, 5.41) is 15.9. The molecule has 2 aromatic rings. The first-order valence-electron chi connectivity index (χ1n) is 7.17. The fraction of sp³-hybridized carbons (Fsp3) is 0.235. The monoisotopic (exact) mass is 294 g/mol. The molecule has 5 heteroatoms. The highest BCUT2D eigenvalue weighted by Crippen LogP contribution is 2.20. The van der Waals surface area contributed by atoms with Crippen LogP contribution >= 0.6 is 0 Å². The molecule has 0 saturated carbocycles. The van der Waals surface area contributed by atoms with Gasteiger partial charge in [-0.15, -0.1) is 0 Å². The molecular weight excluding hydrogens is 276 g/mol. The maximum atomic E-state index is 12.0. The lowest BCUT2D eigenvalue weighted by Gasteiger charge is -2.11. The van der Waals surface area contributed by atoms with Crippen LogP contribution in [0.4, 0.5) is 5.69 Å². The summed E-state index contributed by atoms with van der Waals surface area (Å²) in [5.74, 6) is -0.377. The number of amides is 1. The molecule has 0 bridgehead atoms. The number of pyridine rings is 1. The summed E-state index contributed by atoms with van der Waals surface area (Å²) in [6, 6.07) is 11.5. The topological polar surface area (TPSA) is 77.8 Å². The number of para-hydroxylation sites is 1. The smallest absolute Gasteiger partial charge is 0.263 e. The van der Waals surface area contributed by atoms with Crippen molar-refractivity contribution in [2.45, 2.75) is 26.3 Å². The number of carbonyl (C=O) groups is 1. The van der Waals surface area contributed by atoms with Crippen molar-refractivity contribution in [2.75, 3.05) is 5.32 Å². The van der Waals surface area contributed by atoms with Crippen LogP contribution in [0.3, 0.4) is 0 Å². The Morgan fingerprint density at radius 2 is 2.18 bits per heavy atom. The first-order valence-corrected chi connectivity index (χ1v) is 7.17. The van der Waals surface area contributed by atoms with E-state index in [2.05, 4.69) is 15.6 Å². The lowest BCUT2D eigenvalue weighted by molar-refractivity contribution is -0.117. The molecule has 0 radical (unpaired) electrons. The van der Waals surface area contributed by atoms with E-state index < -0.39 is 0 Å². The molecule has 1 atom stereocenters. The molecule has 0 fully saturated rings. The molecule has 2 rings (SSSR count). The molecule has 0 saturated heterocycles. The van der Waals surface area contributed by atoms with E-state index in [-0.39, 0.29) is 17.5 Å². The second kappa shape index (κ2) is 7.23. The van der Waals surface area contributed by atoms with E-state index in [1.54, 1.807) is 6.20 Å². The van der Waals surface area contributed by atoms with Gasteiger partial charge < -0.3 is 10.6 Å². The van der Waals surface area contributed by atoms with Crippen LogP contribution in [-0.4, -0.2) is 16.9 Å². The number of nitrogens with one attached hydrogen (secondary N) is 2. The zero-order chi connectivity index (χ0) is 15.9. The Morgan fingerprint density at radius 3 is 2.91 bits per heavy atom. The molecule has 112 valence electrons. The van der Waals surface area contributed by atoms with E-state index in [1.165, 1.54) is 6.20 Å². The summed E-state index contributed by atoms with van der Waals surface area (Å²) in [5.41, 5.74) is 1.58. The minimum absolute atomic E-state index is 0.0310. The van der Waals surface area contributed by atoms with Gasteiger partial charge in [0.2, 0.25) is 0 Å². The second-order valence-corrected chi connectivity index (χ2v) is 4.98. The highest BCUT2D eigenvalue weighted by molar-refractivity contribution is 5.98. The first kappa shape index (κ1) is 15.5. The van der Waals surface area contributed by atoms with Gasteiger partial charge in [0.25, 0.3) is 5.91 Å². The average Bonchev–Trinajstić information content (AvgIpc) is 2.55. The fourth-order valence-corrected chi connectivity index (χ4v) is 1.92. The molecule has 2 N–H and O–H groups in total. The van der Waals surface area contributed by atoms with Crippen molar-refractivity contribution in [3.8, 4) is 6.07 Å². The molecule has 22 heavy (non-hydrogen) atoms. The highest BCUT2D eigenvalue weighted by Gasteiger charge is 2.11. The van der Waals surface area contributed by atoms with Crippen molar-refractivity contribution in [3.63, 3.8) is 0 Å². The maximum absolute atomic E-state index is 12.0. The number of benzene rings is 1. The van der Waals surface area contributed by atoms with Crippen LogP contribution in [0.5, 0.6) is 0 Å². The SMILES string of the molecule is CCC(C)NC(=O)/C(C#N)=C\Nc1cccc2cccnc12. The van der Waals surface area contributed by atoms with E-state index in [0.717, 1.165) is 23.0 Å². The van der Waals surface area contributed by atoms with Gasteiger partial charge in [-0.25, -0.2) is 0 Å². The quantitative estimate of drug-likeness (QED) is 0.656. The van der Waals surface area contributed by atoms with Crippen molar-refractivity contribution in [1.29, 1.82) is 5.26 Å². The number of nitrogens with zero attached hydrogens (tertiary/aromatic N) is 2. The highest BCUT2D eigenvalue weighted by atomic mass is 16.1. The van der Waals surface area contributed by atoms with Gasteiger partial charge in [0.15, 0.2) is 0 Å². The number of hydrogen-bond donors (Lipinski definition) is 2. The van der Waals surface area contributed by atoms with Gasteiger partial charge in [-0.3, -0.25) is 9.78 Å². The van der Waals surface area contributed by atoms with Gasteiger partial charge in [0, 0.05) is 23.8 Å². The van der Waals surface area contributed by atoms with Gasteiger partial charge >= 0.3 is 0 Å². The Bertz CT molecular complexity index is 740. The van der Waals surface area contributed by atoms with Crippen LogP contribution in [0.15, 0.2) is 48.3 Å². The molecule has 1 aromatic heterocycles. The third kappa shape index (κ3) is 3.61. The standard InChI is InChI=1S/C17H18N4O/c1-3-12(2)21-17(22)14(10-18)11-20-15-8-4-6-13-7-5-9-19-16(13)15/h4-9,11-12,20H,3H2,1-2H3,(H,21,22)/b14-11-. The molecular formula is C17H18N4O. The van der Waals surface area contributed by atoms with Crippen molar-refractivity contribution < 1.29 is 4.79 Å². The van der Waals surface area contributed by atoms with E-state index in [1.807, 2.05) is 50.2 Å². The predicted molar refractivity (Wildman–Crippen MR) is 87.0 cm³/mol. The molecule has 1 heterocycles. The van der Waals surface area contributed by atoms with Gasteiger partial charge in [0.1, 0.15) is 11.6 Å². The molecule has 5 nitrogen and oxygen atoms in total. The second-order valence-electron chi connectivity index (χ2n) is 4.98. The summed E-state index contributed by atoms with van der Waals surface area (Å²) in [6.45, 7) is 3.87. The zero-order valence-electron chi connectivity index (χ0n) is 12.6. The minimum atomic E-state index is -0.377. The fourth-order valence-electron chi connectivity index (χ4n) is 1.92. The largest absolute Gasteiger partial charge is 0.358 e. The lowest BCUT2D eigenvalue weighted by Crippen LogP contribution is -2.33. The number of hydrogen-bond acceptors (Lipinski definition) is 4. The maximum Gasteiger partial charge on any atom is 0.263 e. The normalized spacial score (nSPS) is 12.5. The Kier molecular flexibility index (Phi) is 5.10. The van der Waals surface area contributed by atoms with Crippen molar-refractivity contribution in [2.24, 2.45) is 0 Å². The summed E-state index contributed by atoms with van der Waals surface area (Å²) < 4.78 is 0. The first-order chi connectivity index (χ1) is 10.7. The molecule has 0 aliphatic rings. The summed E-state index contributed by atoms with van der Waals surface area (Å²) in [7, 11) is 0. The minimum Gasteiger partial charge on any atom is -0.358 e. The molecule has 0 aliphatic heterocycles. The number of carbonyl (C=O) groups excluding carboxylic acids is 1. The number of anilines is 1. The molecule has 1 aromatic carbocycles. The van der Waals surface area contributed by atoms with Gasteiger partial charge in [-0.2, -0.15) is 5.26 Å². The average molecular weight is 294 g/mol. The van der Waals surface area contributed by atoms with Gasteiger partial charge in [-0.1, -0.05) is 25.1 Å². The van der Waals surface area contributed by atoms with Gasteiger partial charge in [0.05, 0.1) is 11.2 Å². The van der Waals surface area contributed by atoms with Crippen LogP contribution in [0.25, 0.3) is 10.9 Å². The third-order valence-electron chi connectivity index (χ3n) is 3.36. The third-order valence-corrected chi connectivity index (χ3v) is 3.36. The van der Waals surface area contributed by atoms with Crippen LogP contribution in [0.2, 0.25) is 0 Å². The van der Waals surface area contributed by atoms with Crippen molar-refractivity contribution >= 4 is 22.5 Å². The van der Waals surface area contributed by atoms with Crippen molar-refractivity contribution in [3.05, 3.63) is 48.3 Å². The molecule has 0 spiro atoms. The zero-order valence-corrected chi connectivity index (χ0v) is 12.6. The lowest BCUT2D eigenvalue weighted by atomic mass is 10.2. The van der Waals surface area contributed by atoms with Crippen LogP contribution in [0, 0.1) is 11.3 Å². The summed E-state index contributed by atoms with van der Waals surface area (Å²) >= 11 is 0. The van der Waals surface area contributed by atoms with E-state index >= 15 is 0 Å². The van der Waals surface area contributed by atoms with E-state index in [4.69, 9.17) is 5.26 Å². The molecule has 1 unspecified atom stereocenters. The number of aromatic nitrogens is 1. The van der Waals surface area contributed by atoms with E-state index in [9.17, 15) is 4.79 Å². The summed E-state index contributed by atoms with van der Waals surface area (Å²) in [6.07, 6.45) is 3.93. The summed E-state index contributed by atoms with van der Waals surface area (Å²) in [4.78, 5) is 16.3. The Balaban J connectivity index is 2.21. The Labute approximate surface area is 129 Å². The number of nitriles is 1. The molecule has 0 aliphatic carbocycles. The number of fused-ring (bicyclic) bond motifs is 1. The van der Waals surface area contributed by atoms with Gasteiger partial charge in [-0.05, 0) is 25.5 Å². The Morgan fingerprint density at radius 1 is 1.41 bits per heavy atom.